The maximum atomic E-state index is 9.09. The fraction of sp³-hybridized carbons (Fsp3) is 0.0635. The van der Waals surface area contributed by atoms with Crippen LogP contribution in [0.1, 0.15) is 40.0 Å². The van der Waals surface area contributed by atoms with Crippen molar-refractivity contribution in [2.45, 2.75) is 26.2 Å². The van der Waals surface area contributed by atoms with Gasteiger partial charge < -0.3 is 18.9 Å². The van der Waals surface area contributed by atoms with Gasteiger partial charge in [0.25, 0.3) is 6.33 Å². The fourth-order valence-corrected chi connectivity index (χ4v) is 9.88. The molecule has 8 aromatic carbocycles. The summed E-state index contributed by atoms with van der Waals surface area (Å²) in [5.74, 6) is 1.15. The largest absolute Gasteiger partial charge is 0.484 e. The summed E-state index contributed by atoms with van der Waals surface area (Å²) >= 11 is 0. The third-order valence-electron chi connectivity index (χ3n) is 13.1. The number of ether oxygens (including phenoxy) is 1. The average Bonchev–Trinajstić information content (AvgIpc) is 2.54. The average molecular weight is 1120 g/mol. The third-order valence-corrected chi connectivity index (χ3v) is 13.1. The van der Waals surface area contributed by atoms with Gasteiger partial charge >= 0.3 is 6.98 Å². The summed E-state index contributed by atoms with van der Waals surface area (Å²) in [5, 5.41) is 0. The Morgan fingerprint density at radius 3 is 1.96 bits per heavy atom. The van der Waals surface area contributed by atoms with Gasteiger partial charge in [-0.3, -0.25) is 9.55 Å². The molecule has 348 valence electrons. The van der Waals surface area contributed by atoms with Crippen LogP contribution in [-0.4, -0.2) is 21.5 Å². The van der Waals surface area contributed by atoms with E-state index in [0.29, 0.717) is 28.2 Å². The van der Waals surface area contributed by atoms with Gasteiger partial charge in [0.15, 0.2) is 0 Å². The van der Waals surface area contributed by atoms with E-state index in [1.807, 2.05) is 30.6 Å². The van der Waals surface area contributed by atoms with Crippen LogP contribution in [-0.2, 0) is 26.5 Å². The number of aromatic nitrogens is 4. The van der Waals surface area contributed by atoms with Crippen molar-refractivity contribution in [2.24, 2.45) is 0 Å². The Morgan fingerprint density at radius 2 is 1.22 bits per heavy atom. The van der Waals surface area contributed by atoms with E-state index in [4.69, 9.17) is 28.4 Å². The van der Waals surface area contributed by atoms with Crippen LogP contribution < -0.4 is 24.4 Å². The zero-order chi connectivity index (χ0) is 56.3. The van der Waals surface area contributed by atoms with Gasteiger partial charge in [-0.25, -0.2) is 4.98 Å². The number of para-hydroxylation sites is 4. The van der Waals surface area contributed by atoms with Crippen molar-refractivity contribution >= 4 is 46.4 Å². The number of rotatable bonds is 7. The Hall–Kier alpha value is -8.32. The molecule has 0 atom stereocenters. The van der Waals surface area contributed by atoms with Crippen LogP contribution in [0, 0.1) is 18.5 Å². The quantitative estimate of drug-likeness (QED) is 0.0904. The van der Waals surface area contributed by atoms with Crippen molar-refractivity contribution in [1.82, 2.24) is 14.5 Å². The van der Waals surface area contributed by atoms with E-state index in [1.165, 1.54) is 0 Å². The normalized spacial score (nSPS) is 14.4. The Balaban J connectivity index is 0.00000665. The molecule has 13 rings (SSSR count). The van der Waals surface area contributed by atoms with Crippen LogP contribution in [0.5, 0.6) is 11.6 Å². The molecule has 0 radical (unpaired) electrons. The summed E-state index contributed by atoms with van der Waals surface area (Å²) < 4.78 is 97.7. The van der Waals surface area contributed by atoms with E-state index in [9.17, 15) is 0 Å². The van der Waals surface area contributed by atoms with Crippen molar-refractivity contribution in [3.8, 4) is 67.5 Å². The maximum Gasteiger partial charge on any atom is 0.402 e. The predicted molar refractivity (Wildman–Crippen MR) is 286 cm³/mol. The summed E-state index contributed by atoms with van der Waals surface area (Å²) in [5.41, 5.74) is 10.4. The molecule has 11 aromatic rings. The molecule has 0 saturated heterocycles. The first-order valence-corrected chi connectivity index (χ1v) is 23.2. The van der Waals surface area contributed by atoms with Crippen molar-refractivity contribution in [3.05, 3.63) is 242 Å². The molecule has 72 heavy (non-hydrogen) atoms. The minimum Gasteiger partial charge on any atom is -0.484 e. The number of benzene rings is 8. The second kappa shape index (κ2) is 18.1. The second-order valence-corrected chi connectivity index (χ2v) is 18.3. The molecule has 0 saturated carbocycles. The van der Waals surface area contributed by atoms with Crippen molar-refractivity contribution < 1.29 is 44.1 Å². The van der Waals surface area contributed by atoms with Crippen LogP contribution in [0.2, 0.25) is 0 Å². The van der Waals surface area contributed by atoms with Gasteiger partial charge in [0.2, 0.25) is 0 Å². The first kappa shape index (κ1) is 34.9. The molecule has 7 nitrogen and oxygen atoms in total. The monoisotopic (exact) mass is 1120 g/mol. The van der Waals surface area contributed by atoms with Crippen molar-refractivity contribution in [2.75, 3.05) is 9.62 Å². The number of pyridine rings is 2. The molecule has 2 aliphatic heterocycles. The Labute approximate surface area is 448 Å². The summed E-state index contributed by atoms with van der Waals surface area (Å²) in [4.78, 5) is 14.5. The number of hydrogen-bond acceptors (Lipinski definition) is 5. The maximum absolute atomic E-state index is 9.09. The number of hydrogen-bond donors (Lipinski definition) is 0. The van der Waals surface area contributed by atoms with Gasteiger partial charge in [0.1, 0.15) is 11.7 Å². The van der Waals surface area contributed by atoms with Crippen molar-refractivity contribution in [3.63, 3.8) is 0 Å². The molecule has 5 heterocycles. The number of imidazole rings is 1. The molecule has 0 amide bonds. The van der Waals surface area contributed by atoms with Gasteiger partial charge in [0.05, 0.1) is 30.4 Å². The SMILES string of the molecule is [2H]c1c([2H])c([2H])c(-c2cccc(-c3c([2H])c([2H])c([2H])c([2H])c3[2H])c2-[n+]2[c-]n(-c3[c-]c(Oc4[c-]c5c(cn4)N4B(c6ccccc6-c6ccccc6-c6ccccc64)N5c4cc(C(C)(C)C)ccn4)ccc3)c3ccccc32)c([2H])c1[2H].[Pt]. The van der Waals surface area contributed by atoms with Gasteiger partial charge in [-0.05, 0) is 85.5 Å². The second-order valence-electron chi connectivity index (χ2n) is 18.3. The molecule has 0 bridgehead atoms. The number of anilines is 4. The third kappa shape index (κ3) is 7.62. The molecule has 0 fully saturated rings. The van der Waals surface area contributed by atoms with Crippen molar-refractivity contribution in [1.29, 1.82) is 0 Å². The summed E-state index contributed by atoms with van der Waals surface area (Å²) in [6.07, 6.45) is 7.09. The Bertz CT molecular complexity index is 4310. The smallest absolute Gasteiger partial charge is 0.402 e. The van der Waals surface area contributed by atoms with Gasteiger partial charge in [-0.1, -0.05) is 196 Å². The van der Waals surface area contributed by atoms with E-state index in [1.54, 1.807) is 51.6 Å². The first-order chi connectivity index (χ1) is 39.0. The molecule has 0 N–H and O–H groups in total. The number of nitrogens with zero attached hydrogens (tertiary/aromatic N) is 6. The molecular weight excluding hydrogens is 1060 g/mol. The minimum absolute atomic E-state index is 0. The molecule has 9 heteroatoms. The van der Waals surface area contributed by atoms with Crippen LogP contribution in [0.4, 0.5) is 22.9 Å². The van der Waals surface area contributed by atoms with Crippen LogP contribution >= 0.6 is 0 Å². The summed E-state index contributed by atoms with van der Waals surface area (Å²) in [6, 6.07) is 48.6. The van der Waals surface area contributed by atoms with E-state index in [0.717, 1.165) is 44.7 Å². The molecule has 0 spiro atoms. The molecule has 2 aliphatic rings. The summed E-state index contributed by atoms with van der Waals surface area (Å²) in [7, 11) is 0. The molecule has 0 aliphatic carbocycles. The van der Waals surface area contributed by atoms with Gasteiger partial charge in [0, 0.05) is 44.3 Å². The zero-order valence-corrected chi connectivity index (χ0v) is 41.3. The Kier molecular flexibility index (Phi) is 8.79. The first-order valence-electron chi connectivity index (χ1n) is 28.2. The topological polar surface area (TPSA) is 50.3 Å². The number of fused-ring (bicyclic) bond motifs is 11. The summed E-state index contributed by atoms with van der Waals surface area (Å²) in [6.45, 7) is 6.11. The molecule has 3 aromatic heterocycles. The zero-order valence-electron chi connectivity index (χ0n) is 49.0. The van der Waals surface area contributed by atoms with Crippen LogP contribution in [0.15, 0.2) is 218 Å². The molecular formula is C63H45BN6OPt-2. The van der Waals surface area contributed by atoms with E-state index in [-0.39, 0.29) is 66.1 Å². The van der Waals surface area contributed by atoms with E-state index in [2.05, 4.69) is 134 Å². The van der Waals surface area contributed by atoms with E-state index >= 15 is 0 Å². The standard InChI is InChI=1S/C63H45BN6O.Pt/c1-63(2,3)45-36-37-65-60(38-45)70-58-40-61(66-41-59(58)69-55-33-15-13-29-53(55)51-27-11-10-26-50(51)52-28-12-14-32-54(52)64(69)70)71-47-25-18-24-46(39-47)67-42-68(57-35-17-16-34-56(57)67)62-48(43-20-6-4-7-21-43)30-19-31-49(62)44-22-8-5-9-23-44;/h4-38,41H,1-3H3;/q-2;/i4D,5D,6D,7D,8D,9D,20D,21D,22D,23D;. The van der Waals surface area contributed by atoms with Gasteiger partial charge in [-0.2, -0.15) is 18.2 Å². The fourth-order valence-electron chi connectivity index (χ4n) is 9.88. The van der Waals surface area contributed by atoms with Crippen LogP contribution in [0.3, 0.4) is 0 Å². The van der Waals surface area contributed by atoms with Gasteiger partial charge in [-0.15, -0.1) is 17.8 Å². The predicted octanol–water partition coefficient (Wildman–Crippen LogP) is 13.9. The van der Waals surface area contributed by atoms with E-state index < -0.39 is 67.4 Å². The van der Waals surface area contributed by atoms with Crippen LogP contribution in [0.25, 0.3) is 66.9 Å². The molecule has 0 unspecified atom stereocenters. The Morgan fingerprint density at radius 1 is 0.597 bits per heavy atom. The minimum atomic E-state index is -0.581.